The van der Waals surface area contributed by atoms with Crippen LogP contribution in [0.15, 0.2) is 12.1 Å². The van der Waals surface area contributed by atoms with E-state index >= 15 is 0 Å². The summed E-state index contributed by atoms with van der Waals surface area (Å²) in [5.74, 6) is 1.38. The number of carbonyl (C=O) groups is 1. The standard InChI is InChI=1S/C27H43N9O/c1-5-11-30-27(37)23-25(29)33-26(19(4)32-23)35-14-15-36(21(6-2)17-35)22-9-12-34(13-10-22)16-20-8-7-18(3)31-24(20)28/h7-8,21-22H,5-6,9-17H2,1-4H3,(H2,28,31)(H2,29,33)(H,30,37). The van der Waals surface area contributed by atoms with Crippen LogP contribution in [0.1, 0.15) is 67.0 Å². The Labute approximate surface area is 220 Å². The second-order valence-electron chi connectivity index (χ2n) is 10.4. The third kappa shape index (κ3) is 6.30. The topological polar surface area (TPSA) is 130 Å². The molecule has 0 radical (unpaired) electrons. The number of nitrogen functional groups attached to an aromatic ring is 2. The summed E-state index contributed by atoms with van der Waals surface area (Å²) in [6, 6.07) is 5.17. The van der Waals surface area contributed by atoms with Gasteiger partial charge in [0.05, 0.1) is 5.69 Å². The molecule has 1 atom stereocenters. The van der Waals surface area contributed by atoms with Gasteiger partial charge in [-0.25, -0.2) is 15.0 Å². The van der Waals surface area contributed by atoms with Gasteiger partial charge in [-0.3, -0.25) is 14.6 Å². The molecule has 0 spiro atoms. The number of carbonyl (C=O) groups excluding carboxylic acids is 1. The van der Waals surface area contributed by atoms with Gasteiger partial charge < -0.3 is 21.7 Å². The number of nitrogens with one attached hydrogen (secondary N) is 1. The van der Waals surface area contributed by atoms with E-state index in [1.807, 2.05) is 26.8 Å². The molecule has 0 aliphatic carbocycles. The van der Waals surface area contributed by atoms with Gasteiger partial charge in [0.1, 0.15) is 5.82 Å². The molecule has 2 aromatic rings. The maximum Gasteiger partial charge on any atom is 0.273 e. The van der Waals surface area contributed by atoms with E-state index in [1.165, 1.54) is 0 Å². The minimum absolute atomic E-state index is 0.196. The Balaban J connectivity index is 1.36. The fourth-order valence-corrected chi connectivity index (χ4v) is 5.61. The highest BCUT2D eigenvalue weighted by Gasteiger charge is 2.34. The Bertz CT molecular complexity index is 1080. The Kier molecular flexibility index (Phi) is 8.81. The monoisotopic (exact) mass is 509 g/mol. The van der Waals surface area contributed by atoms with Crippen molar-refractivity contribution in [1.82, 2.24) is 30.1 Å². The Morgan fingerprint density at radius 3 is 2.46 bits per heavy atom. The largest absolute Gasteiger partial charge is 0.383 e. The highest BCUT2D eigenvalue weighted by molar-refractivity contribution is 5.96. The molecule has 1 unspecified atom stereocenters. The second kappa shape index (κ2) is 12.0. The van der Waals surface area contributed by atoms with Crippen LogP contribution in [0.2, 0.25) is 0 Å². The van der Waals surface area contributed by atoms with E-state index in [4.69, 9.17) is 11.5 Å². The molecule has 2 aromatic heterocycles. The van der Waals surface area contributed by atoms with Crippen LogP contribution in [0.5, 0.6) is 0 Å². The van der Waals surface area contributed by atoms with Crippen LogP contribution >= 0.6 is 0 Å². The van der Waals surface area contributed by atoms with Crippen molar-refractivity contribution in [2.24, 2.45) is 0 Å². The molecular formula is C27H43N9O. The van der Waals surface area contributed by atoms with Crippen molar-refractivity contribution < 1.29 is 4.79 Å². The molecule has 2 saturated heterocycles. The molecule has 0 saturated carbocycles. The predicted molar refractivity (Wildman–Crippen MR) is 148 cm³/mol. The van der Waals surface area contributed by atoms with Gasteiger partial charge in [-0.05, 0) is 58.7 Å². The average molecular weight is 510 g/mol. The normalized spacial score (nSPS) is 19.8. The third-order valence-corrected chi connectivity index (χ3v) is 7.69. The fraction of sp³-hybridized carbons (Fsp3) is 0.630. The zero-order valence-electron chi connectivity index (χ0n) is 22.8. The van der Waals surface area contributed by atoms with E-state index in [2.05, 4.69) is 48.0 Å². The first kappa shape index (κ1) is 27.1. The summed E-state index contributed by atoms with van der Waals surface area (Å²) < 4.78 is 0. The summed E-state index contributed by atoms with van der Waals surface area (Å²) >= 11 is 0. The second-order valence-corrected chi connectivity index (χ2v) is 10.4. The van der Waals surface area contributed by atoms with E-state index in [0.717, 1.165) is 87.7 Å². The Hall–Kier alpha value is -2.98. The van der Waals surface area contributed by atoms with Crippen LogP contribution in [0.3, 0.4) is 0 Å². The molecule has 202 valence electrons. The summed E-state index contributed by atoms with van der Waals surface area (Å²) in [6.07, 6.45) is 4.24. The van der Waals surface area contributed by atoms with Gasteiger partial charge in [-0.2, -0.15) is 0 Å². The molecule has 1 amide bonds. The number of pyridine rings is 1. The number of aromatic nitrogens is 3. The van der Waals surface area contributed by atoms with E-state index in [1.54, 1.807) is 0 Å². The first-order valence-electron chi connectivity index (χ1n) is 13.7. The number of amides is 1. The highest BCUT2D eigenvalue weighted by atomic mass is 16.1. The maximum atomic E-state index is 12.4. The molecule has 0 aromatic carbocycles. The fourth-order valence-electron chi connectivity index (χ4n) is 5.61. The van der Waals surface area contributed by atoms with Crippen molar-refractivity contribution >= 4 is 23.4 Å². The molecule has 37 heavy (non-hydrogen) atoms. The SMILES string of the molecule is CCCNC(=O)c1nc(C)c(N2CCN(C3CCN(Cc4ccc(C)nc4N)CC3)C(CC)C2)nc1N. The molecule has 2 aliphatic heterocycles. The van der Waals surface area contributed by atoms with Crippen molar-refractivity contribution in [3.05, 3.63) is 34.8 Å². The lowest BCUT2D eigenvalue weighted by Crippen LogP contribution is -2.58. The van der Waals surface area contributed by atoms with Crippen molar-refractivity contribution in [2.75, 3.05) is 55.6 Å². The molecule has 10 nitrogen and oxygen atoms in total. The Morgan fingerprint density at radius 1 is 1.03 bits per heavy atom. The molecule has 2 fully saturated rings. The van der Waals surface area contributed by atoms with E-state index in [-0.39, 0.29) is 17.4 Å². The lowest BCUT2D eigenvalue weighted by molar-refractivity contribution is 0.0610. The lowest BCUT2D eigenvalue weighted by atomic mass is 9.97. The summed E-state index contributed by atoms with van der Waals surface area (Å²) in [4.78, 5) is 33.5. The van der Waals surface area contributed by atoms with Crippen molar-refractivity contribution in [2.45, 2.75) is 72.0 Å². The number of piperazine rings is 1. The van der Waals surface area contributed by atoms with Gasteiger partial charge in [0.2, 0.25) is 0 Å². The van der Waals surface area contributed by atoms with Gasteiger partial charge in [0, 0.05) is 56.1 Å². The summed E-state index contributed by atoms with van der Waals surface area (Å²) in [6.45, 7) is 14.5. The predicted octanol–water partition coefficient (Wildman–Crippen LogP) is 2.36. The first-order valence-corrected chi connectivity index (χ1v) is 13.7. The van der Waals surface area contributed by atoms with Gasteiger partial charge in [0.15, 0.2) is 17.3 Å². The number of hydrogen-bond donors (Lipinski definition) is 3. The molecular weight excluding hydrogens is 466 g/mol. The number of piperidine rings is 1. The van der Waals surface area contributed by atoms with Crippen LogP contribution in [0, 0.1) is 13.8 Å². The number of hydrogen-bond acceptors (Lipinski definition) is 9. The molecule has 5 N–H and O–H groups in total. The van der Waals surface area contributed by atoms with E-state index < -0.39 is 0 Å². The van der Waals surface area contributed by atoms with Crippen molar-refractivity contribution in [3.8, 4) is 0 Å². The van der Waals surface area contributed by atoms with E-state index in [9.17, 15) is 4.79 Å². The van der Waals surface area contributed by atoms with Gasteiger partial charge >= 0.3 is 0 Å². The minimum atomic E-state index is -0.259. The summed E-state index contributed by atoms with van der Waals surface area (Å²) in [5, 5.41) is 2.84. The van der Waals surface area contributed by atoms with Crippen molar-refractivity contribution in [1.29, 1.82) is 0 Å². The van der Waals surface area contributed by atoms with E-state index in [0.29, 0.717) is 24.4 Å². The number of likely N-dealkylation sites (tertiary alicyclic amines) is 1. The molecule has 10 heteroatoms. The van der Waals surface area contributed by atoms with Crippen LogP contribution in [0.25, 0.3) is 0 Å². The number of anilines is 3. The first-order chi connectivity index (χ1) is 17.8. The van der Waals surface area contributed by atoms with Gasteiger partial charge in [-0.1, -0.05) is 19.9 Å². The Morgan fingerprint density at radius 2 is 1.78 bits per heavy atom. The van der Waals surface area contributed by atoms with Gasteiger partial charge in [0.25, 0.3) is 5.91 Å². The number of rotatable bonds is 8. The minimum Gasteiger partial charge on any atom is -0.383 e. The molecule has 0 bridgehead atoms. The average Bonchev–Trinajstić information content (AvgIpc) is 2.90. The molecule has 4 rings (SSSR count). The molecule has 4 heterocycles. The summed E-state index contributed by atoms with van der Waals surface area (Å²) in [7, 11) is 0. The zero-order valence-corrected chi connectivity index (χ0v) is 22.8. The zero-order chi connectivity index (χ0) is 26.5. The van der Waals surface area contributed by atoms with Crippen LogP contribution < -0.4 is 21.7 Å². The number of nitrogens with zero attached hydrogens (tertiary/aromatic N) is 6. The van der Waals surface area contributed by atoms with Crippen LogP contribution in [0.4, 0.5) is 17.5 Å². The van der Waals surface area contributed by atoms with Crippen LogP contribution in [-0.2, 0) is 6.54 Å². The lowest BCUT2D eigenvalue weighted by Gasteiger charge is -2.47. The number of aryl methyl sites for hydroxylation is 2. The maximum absolute atomic E-state index is 12.4. The quantitative estimate of drug-likeness (QED) is 0.491. The van der Waals surface area contributed by atoms with Crippen LogP contribution in [-0.4, -0.2) is 82.0 Å². The highest BCUT2D eigenvalue weighted by Crippen LogP contribution is 2.28. The van der Waals surface area contributed by atoms with Gasteiger partial charge in [-0.15, -0.1) is 0 Å². The molecule has 2 aliphatic rings. The number of nitrogens with two attached hydrogens (primary N) is 2. The third-order valence-electron chi connectivity index (χ3n) is 7.69. The smallest absolute Gasteiger partial charge is 0.273 e. The van der Waals surface area contributed by atoms with Crippen molar-refractivity contribution in [3.63, 3.8) is 0 Å². The summed E-state index contributed by atoms with van der Waals surface area (Å²) in [5.41, 5.74) is 15.4.